The Morgan fingerprint density at radius 1 is 1.04 bits per heavy atom. The lowest BCUT2D eigenvalue weighted by atomic mass is 10.1. The van der Waals surface area contributed by atoms with Gasteiger partial charge in [-0.15, -0.1) is 0 Å². The van der Waals surface area contributed by atoms with Gasteiger partial charge in [-0.25, -0.2) is 4.79 Å². The van der Waals surface area contributed by atoms with Gasteiger partial charge < -0.3 is 4.42 Å². The lowest BCUT2D eigenvalue weighted by Gasteiger charge is -2.28. The van der Waals surface area contributed by atoms with Crippen LogP contribution < -0.4 is 0 Å². The molecule has 0 saturated carbocycles. The number of carbonyl (C=O) groups excluding carboxylic acids is 3. The van der Waals surface area contributed by atoms with Gasteiger partial charge >= 0.3 is 6.03 Å². The monoisotopic (exact) mass is 355 g/mol. The molecular weight excluding hydrogens is 342 g/mol. The van der Waals surface area contributed by atoms with Crippen molar-refractivity contribution in [1.29, 1.82) is 0 Å². The fraction of sp³-hybridized carbons (Fsp3) is 0.118. The molecule has 26 heavy (non-hydrogen) atoms. The Hall–Kier alpha value is -3.75. The first-order valence-corrected chi connectivity index (χ1v) is 7.46. The highest BCUT2D eigenvalue weighted by Crippen LogP contribution is 2.27. The number of amides is 4. The number of barbiturate groups is 1. The molecule has 0 N–H and O–H groups in total. The van der Waals surface area contributed by atoms with Crippen LogP contribution in [0, 0.1) is 10.1 Å². The smallest absolute Gasteiger partial charge is 0.333 e. The predicted molar refractivity (Wildman–Crippen MR) is 89.7 cm³/mol. The summed E-state index contributed by atoms with van der Waals surface area (Å²) in [5.74, 6) is -0.911. The van der Waals surface area contributed by atoms with Crippen LogP contribution in [0.2, 0.25) is 0 Å². The largest absolute Gasteiger partial charge is 0.457 e. The lowest BCUT2D eigenvalue weighted by Crippen LogP contribution is -2.52. The second-order valence-corrected chi connectivity index (χ2v) is 5.58. The van der Waals surface area contributed by atoms with Crippen molar-refractivity contribution in [1.82, 2.24) is 9.80 Å². The van der Waals surface area contributed by atoms with Gasteiger partial charge in [0.1, 0.15) is 17.1 Å². The third kappa shape index (κ3) is 2.86. The van der Waals surface area contributed by atoms with Gasteiger partial charge in [0.05, 0.1) is 4.92 Å². The number of hydrogen-bond acceptors (Lipinski definition) is 6. The number of non-ortho nitro benzene ring substituents is 1. The van der Waals surface area contributed by atoms with E-state index in [2.05, 4.69) is 0 Å². The molecule has 1 aliphatic heterocycles. The molecule has 0 atom stereocenters. The fourth-order valence-corrected chi connectivity index (χ4v) is 2.48. The Labute approximate surface area is 147 Å². The van der Waals surface area contributed by atoms with E-state index in [4.69, 9.17) is 4.42 Å². The minimum absolute atomic E-state index is 0.0850. The predicted octanol–water partition coefficient (Wildman–Crippen LogP) is 2.29. The fourth-order valence-electron chi connectivity index (χ4n) is 2.48. The van der Waals surface area contributed by atoms with Crippen LogP contribution >= 0.6 is 0 Å². The molecule has 1 aromatic carbocycles. The Morgan fingerprint density at radius 3 is 2.31 bits per heavy atom. The molecule has 2 aromatic rings. The van der Waals surface area contributed by atoms with Crippen molar-refractivity contribution in [3.63, 3.8) is 0 Å². The number of imide groups is 2. The maximum atomic E-state index is 12.2. The third-order valence-corrected chi connectivity index (χ3v) is 3.90. The first-order valence-electron chi connectivity index (χ1n) is 7.46. The number of carbonyl (C=O) groups is 3. The molecule has 0 aliphatic carbocycles. The van der Waals surface area contributed by atoms with E-state index in [-0.39, 0.29) is 17.0 Å². The number of nitro groups is 1. The van der Waals surface area contributed by atoms with Gasteiger partial charge in [0.15, 0.2) is 0 Å². The molecule has 0 spiro atoms. The average Bonchev–Trinajstić information content (AvgIpc) is 3.11. The van der Waals surface area contributed by atoms with E-state index >= 15 is 0 Å². The molecule has 1 aromatic heterocycles. The summed E-state index contributed by atoms with van der Waals surface area (Å²) in [7, 11) is 2.55. The van der Waals surface area contributed by atoms with Crippen molar-refractivity contribution in [3.8, 4) is 11.3 Å². The third-order valence-electron chi connectivity index (χ3n) is 3.90. The van der Waals surface area contributed by atoms with E-state index in [9.17, 15) is 24.5 Å². The number of hydrogen-bond donors (Lipinski definition) is 0. The van der Waals surface area contributed by atoms with Gasteiger partial charge in [-0.3, -0.25) is 29.5 Å². The molecule has 2 heterocycles. The van der Waals surface area contributed by atoms with Gasteiger partial charge in [0.2, 0.25) is 0 Å². The van der Waals surface area contributed by atoms with Crippen molar-refractivity contribution in [2.24, 2.45) is 0 Å². The number of nitro benzene ring substituents is 1. The summed E-state index contributed by atoms with van der Waals surface area (Å²) < 4.78 is 5.58. The zero-order chi connectivity index (χ0) is 19.0. The van der Waals surface area contributed by atoms with E-state index in [1.54, 1.807) is 12.1 Å². The van der Waals surface area contributed by atoms with Crippen LogP contribution in [-0.2, 0) is 9.59 Å². The number of benzene rings is 1. The first-order chi connectivity index (χ1) is 12.3. The topological polar surface area (TPSA) is 114 Å². The van der Waals surface area contributed by atoms with E-state index in [0.29, 0.717) is 11.3 Å². The Kier molecular flexibility index (Phi) is 4.13. The van der Waals surface area contributed by atoms with E-state index < -0.39 is 22.8 Å². The molecule has 0 bridgehead atoms. The summed E-state index contributed by atoms with van der Waals surface area (Å²) in [5, 5.41) is 10.9. The molecule has 4 amide bonds. The van der Waals surface area contributed by atoms with Crippen LogP contribution in [0.1, 0.15) is 5.76 Å². The molecule has 9 nitrogen and oxygen atoms in total. The number of rotatable bonds is 3. The van der Waals surface area contributed by atoms with Crippen LogP contribution in [0.3, 0.4) is 0 Å². The first kappa shape index (κ1) is 17.1. The summed E-state index contributed by atoms with van der Waals surface area (Å²) in [4.78, 5) is 48.1. The minimum atomic E-state index is -0.730. The van der Waals surface area contributed by atoms with Crippen LogP contribution in [-0.4, -0.2) is 46.7 Å². The van der Waals surface area contributed by atoms with E-state index in [0.717, 1.165) is 9.80 Å². The molecule has 1 saturated heterocycles. The van der Waals surface area contributed by atoms with Crippen molar-refractivity contribution < 1.29 is 23.7 Å². The molecule has 0 unspecified atom stereocenters. The van der Waals surface area contributed by atoms with Crippen molar-refractivity contribution in [2.45, 2.75) is 0 Å². The van der Waals surface area contributed by atoms with Crippen LogP contribution in [0.25, 0.3) is 17.4 Å². The maximum absolute atomic E-state index is 12.2. The maximum Gasteiger partial charge on any atom is 0.333 e. The summed E-state index contributed by atoms with van der Waals surface area (Å²) in [6.07, 6.45) is 1.24. The molecular formula is C17H13N3O6. The molecule has 3 rings (SSSR count). The zero-order valence-electron chi connectivity index (χ0n) is 13.8. The molecule has 132 valence electrons. The number of urea groups is 1. The molecule has 9 heteroatoms. The SMILES string of the molecule is CN1C(=O)C(=Cc2ccc(-c3cccc([N+](=O)[O-])c3)o2)C(=O)N(C)C1=O. The number of likely N-dealkylation sites (N-methyl/N-ethyl adjacent to an activating group) is 2. The normalized spacial score (nSPS) is 14.8. The van der Waals surface area contributed by atoms with Crippen molar-refractivity contribution >= 4 is 29.6 Å². The summed E-state index contributed by atoms with van der Waals surface area (Å²) in [6, 6.07) is 8.26. The Bertz CT molecular complexity index is 948. The van der Waals surface area contributed by atoms with Crippen molar-refractivity contribution in [3.05, 3.63) is 57.8 Å². The van der Waals surface area contributed by atoms with Gasteiger partial charge in [-0.2, -0.15) is 0 Å². The summed E-state index contributed by atoms with van der Waals surface area (Å²) in [6.45, 7) is 0. The van der Waals surface area contributed by atoms with Crippen LogP contribution in [0.15, 0.2) is 46.4 Å². The second-order valence-electron chi connectivity index (χ2n) is 5.58. The number of furan rings is 1. The lowest BCUT2D eigenvalue weighted by molar-refractivity contribution is -0.384. The van der Waals surface area contributed by atoms with Crippen LogP contribution in [0.4, 0.5) is 10.5 Å². The van der Waals surface area contributed by atoms with Gasteiger partial charge in [0, 0.05) is 31.8 Å². The Morgan fingerprint density at radius 2 is 1.69 bits per heavy atom. The van der Waals surface area contributed by atoms with Crippen LogP contribution in [0.5, 0.6) is 0 Å². The summed E-state index contributed by atoms with van der Waals surface area (Å²) in [5.41, 5.74) is 0.183. The highest BCUT2D eigenvalue weighted by atomic mass is 16.6. The quantitative estimate of drug-likeness (QED) is 0.361. The number of nitrogens with zero attached hydrogens (tertiary/aromatic N) is 3. The van der Waals surface area contributed by atoms with Gasteiger partial charge in [-0.1, -0.05) is 12.1 Å². The summed E-state index contributed by atoms with van der Waals surface area (Å²) >= 11 is 0. The zero-order valence-corrected chi connectivity index (χ0v) is 13.8. The minimum Gasteiger partial charge on any atom is -0.457 e. The van der Waals surface area contributed by atoms with E-state index in [1.165, 1.54) is 44.4 Å². The van der Waals surface area contributed by atoms with E-state index in [1.807, 2.05) is 0 Å². The molecule has 0 radical (unpaired) electrons. The van der Waals surface area contributed by atoms with Gasteiger partial charge in [0.25, 0.3) is 17.5 Å². The standard InChI is InChI=1S/C17H13N3O6/c1-18-15(21)13(16(22)19(2)17(18)23)9-12-6-7-14(26-12)10-4-3-5-11(8-10)20(24)25/h3-9H,1-2H3. The average molecular weight is 355 g/mol. The highest BCUT2D eigenvalue weighted by molar-refractivity contribution is 6.30. The van der Waals surface area contributed by atoms with Gasteiger partial charge in [-0.05, 0) is 18.2 Å². The Balaban J connectivity index is 1.95. The second kappa shape index (κ2) is 6.28. The molecule has 1 fully saturated rings. The van der Waals surface area contributed by atoms with Crippen molar-refractivity contribution in [2.75, 3.05) is 14.1 Å². The highest BCUT2D eigenvalue weighted by Gasteiger charge is 2.38. The molecule has 1 aliphatic rings.